The van der Waals surface area contributed by atoms with Crippen LogP contribution in [0.15, 0.2) is 24.4 Å². The third-order valence-corrected chi connectivity index (χ3v) is 5.13. The molecule has 26 heavy (non-hydrogen) atoms. The number of fused-ring (bicyclic) bond motifs is 1. The maximum atomic E-state index is 12.0. The average molecular weight is 355 g/mol. The summed E-state index contributed by atoms with van der Waals surface area (Å²) in [7, 11) is 3.47. The maximum Gasteiger partial charge on any atom is 0.254 e. The van der Waals surface area contributed by atoms with Gasteiger partial charge in [0.05, 0.1) is 23.5 Å². The van der Waals surface area contributed by atoms with Gasteiger partial charge in [-0.1, -0.05) is 0 Å². The van der Waals surface area contributed by atoms with E-state index in [0.717, 1.165) is 49.6 Å². The number of carbonyl (C=O) groups is 1. The number of hydrogen-bond acceptors (Lipinski definition) is 5. The van der Waals surface area contributed by atoms with E-state index in [0.29, 0.717) is 18.0 Å². The SMILES string of the molecule is CN(C)C(=O)c1ccc(N2CCCn3nc([C@H](O)C4CC4)cc3C2)nc1. The molecule has 1 saturated carbocycles. The number of aliphatic hydroxyl groups is 1. The topological polar surface area (TPSA) is 74.5 Å². The van der Waals surface area contributed by atoms with E-state index < -0.39 is 6.10 Å². The van der Waals surface area contributed by atoms with Crippen molar-refractivity contribution < 1.29 is 9.90 Å². The molecule has 1 aliphatic heterocycles. The summed E-state index contributed by atoms with van der Waals surface area (Å²) < 4.78 is 2.02. The fourth-order valence-electron chi connectivity index (χ4n) is 3.44. The zero-order valence-corrected chi connectivity index (χ0v) is 15.3. The van der Waals surface area contributed by atoms with Crippen molar-refractivity contribution in [3.8, 4) is 0 Å². The molecule has 1 amide bonds. The number of amides is 1. The van der Waals surface area contributed by atoms with Gasteiger partial charge in [-0.15, -0.1) is 0 Å². The summed E-state index contributed by atoms with van der Waals surface area (Å²) in [6.45, 7) is 2.44. The third kappa shape index (κ3) is 3.31. The first-order valence-electron chi connectivity index (χ1n) is 9.20. The Morgan fingerprint density at radius 1 is 1.31 bits per heavy atom. The Hall–Kier alpha value is -2.41. The molecule has 7 nitrogen and oxygen atoms in total. The summed E-state index contributed by atoms with van der Waals surface area (Å²) >= 11 is 0. The van der Waals surface area contributed by atoms with Gasteiger partial charge in [0.15, 0.2) is 0 Å². The Balaban J connectivity index is 1.52. The predicted octanol–water partition coefficient (Wildman–Crippen LogP) is 1.83. The molecule has 0 unspecified atom stereocenters. The molecule has 0 radical (unpaired) electrons. The quantitative estimate of drug-likeness (QED) is 0.906. The summed E-state index contributed by atoms with van der Waals surface area (Å²) in [5, 5.41) is 15.0. The van der Waals surface area contributed by atoms with Gasteiger partial charge >= 0.3 is 0 Å². The van der Waals surface area contributed by atoms with Gasteiger partial charge in [0.2, 0.25) is 0 Å². The number of aryl methyl sites for hydroxylation is 1. The first-order chi connectivity index (χ1) is 12.5. The van der Waals surface area contributed by atoms with Crippen LogP contribution in [0.4, 0.5) is 5.82 Å². The molecule has 1 aliphatic carbocycles. The number of nitrogens with zero attached hydrogens (tertiary/aromatic N) is 5. The van der Waals surface area contributed by atoms with Gasteiger partial charge in [-0.2, -0.15) is 5.10 Å². The molecule has 2 aromatic heterocycles. The Morgan fingerprint density at radius 3 is 2.77 bits per heavy atom. The fraction of sp³-hybridized carbons (Fsp3) is 0.526. The number of pyridine rings is 1. The zero-order valence-electron chi connectivity index (χ0n) is 15.3. The second-order valence-corrected chi connectivity index (χ2v) is 7.45. The van der Waals surface area contributed by atoms with Crippen LogP contribution in [0.3, 0.4) is 0 Å². The second-order valence-electron chi connectivity index (χ2n) is 7.45. The molecule has 1 fully saturated rings. The van der Waals surface area contributed by atoms with Crippen molar-refractivity contribution in [2.75, 3.05) is 25.5 Å². The second kappa shape index (κ2) is 6.72. The number of carbonyl (C=O) groups excluding carboxylic acids is 1. The Labute approximate surface area is 153 Å². The number of anilines is 1. The largest absolute Gasteiger partial charge is 0.386 e. The van der Waals surface area contributed by atoms with Crippen molar-refractivity contribution in [1.82, 2.24) is 19.7 Å². The number of hydrogen-bond donors (Lipinski definition) is 1. The van der Waals surface area contributed by atoms with Gasteiger partial charge in [0.1, 0.15) is 11.9 Å². The van der Waals surface area contributed by atoms with Crippen molar-refractivity contribution in [3.05, 3.63) is 41.3 Å². The summed E-state index contributed by atoms with van der Waals surface area (Å²) in [5.41, 5.74) is 2.49. The monoisotopic (exact) mass is 355 g/mol. The van der Waals surface area contributed by atoms with E-state index in [2.05, 4.69) is 15.0 Å². The van der Waals surface area contributed by atoms with Gasteiger partial charge < -0.3 is 14.9 Å². The highest BCUT2D eigenvalue weighted by Gasteiger charge is 2.33. The van der Waals surface area contributed by atoms with Crippen LogP contribution in [0.5, 0.6) is 0 Å². The summed E-state index contributed by atoms with van der Waals surface area (Å²) in [6.07, 6.45) is 4.36. The number of aromatic nitrogens is 3. The normalized spacial score (nSPS) is 18.2. The van der Waals surface area contributed by atoms with Crippen LogP contribution < -0.4 is 4.90 Å². The van der Waals surface area contributed by atoms with Crippen LogP contribution in [-0.2, 0) is 13.1 Å². The molecule has 0 saturated heterocycles. The van der Waals surface area contributed by atoms with E-state index in [9.17, 15) is 9.90 Å². The van der Waals surface area contributed by atoms with Crippen molar-refractivity contribution in [1.29, 1.82) is 0 Å². The third-order valence-electron chi connectivity index (χ3n) is 5.13. The van der Waals surface area contributed by atoms with E-state index in [-0.39, 0.29) is 5.91 Å². The molecule has 2 aliphatic rings. The molecule has 3 heterocycles. The lowest BCUT2D eigenvalue weighted by Gasteiger charge is -2.21. The summed E-state index contributed by atoms with van der Waals surface area (Å²) in [4.78, 5) is 20.3. The van der Waals surface area contributed by atoms with Crippen LogP contribution in [0.2, 0.25) is 0 Å². The van der Waals surface area contributed by atoms with E-state index in [1.807, 2.05) is 22.9 Å². The van der Waals surface area contributed by atoms with Crippen molar-refractivity contribution in [2.45, 2.75) is 38.5 Å². The van der Waals surface area contributed by atoms with E-state index in [1.165, 1.54) is 0 Å². The maximum absolute atomic E-state index is 12.0. The predicted molar refractivity (Wildman–Crippen MR) is 97.8 cm³/mol. The minimum absolute atomic E-state index is 0.0447. The van der Waals surface area contributed by atoms with Crippen LogP contribution in [0, 0.1) is 5.92 Å². The fourth-order valence-corrected chi connectivity index (χ4v) is 3.44. The molecule has 7 heteroatoms. The van der Waals surface area contributed by atoms with Crippen molar-refractivity contribution in [3.63, 3.8) is 0 Å². The molecular formula is C19H25N5O2. The molecule has 2 aromatic rings. The summed E-state index contributed by atoms with van der Waals surface area (Å²) in [6, 6.07) is 5.77. The van der Waals surface area contributed by atoms with Gasteiger partial charge in [-0.3, -0.25) is 9.48 Å². The first kappa shape index (κ1) is 17.0. The van der Waals surface area contributed by atoms with Gasteiger partial charge in [-0.05, 0) is 43.4 Å². The first-order valence-corrected chi connectivity index (χ1v) is 9.20. The highest BCUT2D eigenvalue weighted by molar-refractivity contribution is 5.93. The average Bonchev–Trinajstić information content (AvgIpc) is 3.44. The van der Waals surface area contributed by atoms with Crippen molar-refractivity contribution in [2.24, 2.45) is 5.92 Å². The molecule has 1 N–H and O–H groups in total. The molecule has 0 spiro atoms. The Kier molecular flexibility index (Phi) is 4.40. The minimum Gasteiger partial charge on any atom is -0.386 e. The van der Waals surface area contributed by atoms with Crippen LogP contribution in [0.25, 0.3) is 0 Å². The summed E-state index contributed by atoms with van der Waals surface area (Å²) in [5.74, 6) is 1.20. The standard InChI is InChI=1S/C19H25N5O2/c1-22(2)19(26)14-6-7-17(20-11-14)23-8-3-9-24-15(12-23)10-16(21-24)18(25)13-4-5-13/h6-7,10-11,13,18,25H,3-5,8-9,12H2,1-2H3/t18-/m1/s1. The minimum atomic E-state index is -0.433. The van der Waals surface area contributed by atoms with Gasteiger partial charge in [0.25, 0.3) is 5.91 Å². The molecule has 1 atom stereocenters. The van der Waals surface area contributed by atoms with Crippen molar-refractivity contribution >= 4 is 11.7 Å². The molecule has 4 rings (SSSR count). The van der Waals surface area contributed by atoms with Crippen LogP contribution >= 0.6 is 0 Å². The van der Waals surface area contributed by atoms with E-state index in [4.69, 9.17) is 0 Å². The zero-order chi connectivity index (χ0) is 18.3. The molecular weight excluding hydrogens is 330 g/mol. The van der Waals surface area contributed by atoms with Crippen LogP contribution in [-0.4, -0.2) is 51.3 Å². The van der Waals surface area contributed by atoms with Crippen LogP contribution in [0.1, 0.15) is 47.1 Å². The van der Waals surface area contributed by atoms with E-state index in [1.54, 1.807) is 25.2 Å². The number of aliphatic hydroxyl groups excluding tert-OH is 1. The number of rotatable bonds is 4. The Morgan fingerprint density at radius 2 is 2.12 bits per heavy atom. The highest BCUT2D eigenvalue weighted by atomic mass is 16.3. The van der Waals surface area contributed by atoms with Gasteiger partial charge in [-0.25, -0.2) is 4.98 Å². The Bertz CT molecular complexity index is 795. The highest BCUT2D eigenvalue weighted by Crippen LogP contribution is 2.40. The van der Waals surface area contributed by atoms with E-state index >= 15 is 0 Å². The molecule has 0 bridgehead atoms. The molecule has 0 aromatic carbocycles. The molecule has 138 valence electrons. The lowest BCUT2D eigenvalue weighted by Crippen LogP contribution is -2.25. The smallest absolute Gasteiger partial charge is 0.254 e. The lowest BCUT2D eigenvalue weighted by atomic mass is 10.1. The lowest BCUT2D eigenvalue weighted by molar-refractivity contribution is 0.0827. The van der Waals surface area contributed by atoms with Gasteiger partial charge in [0, 0.05) is 33.4 Å².